The molecule has 0 unspecified atom stereocenters. The third kappa shape index (κ3) is 5.03. The molecule has 1 aromatic rings. The van der Waals surface area contributed by atoms with Gasteiger partial charge in [0.1, 0.15) is 12.6 Å². The van der Waals surface area contributed by atoms with Crippen LogP contribution in [0.1, 0.15) is 23.6 Å². The molecule has 0 saturated carbocycles. The zero-order chi connectivity index (χ0) is 18.4. The molecule has 1 heterocycles. The molecule has 0 bridgehead atoms. The van der Waals surface area contributed by atoms with Crippen LogP contribution in [0.2, 0.25) is 0 Å². The fourth-order valence-electron chi connectivity index (χ4n) is 3.19. The van der Waals surface area contributed by atoms with Crippen molar-refractivity contribution in [1.82, 2.24) is 14.7 Å². The Morgan fingerprint density at radius 3 is 2.28 bits per heavy atom. The van der Waals surface area contributed by atoms with Crippen LogP contribution in [0, 0.1) is 6.92 Å². The van der Waals surface area contributed by atoms with Crippen molar-refractivity contribution in [3.63, 3.8) is 0 Å². The lowest BCUT2D eigenvalue weighted by Gasteiger charge is -2.30. The molecule has 0 spiro atoms. The van der Waals surface area contributed by atoms with Crippen LogP contribution in [0.3, 0.4) is 0 Å². The van der Waals surface area contributed by atoms with Gasteiger partial charge in [0, 0.05) is 33.3 Å². The summed E-state index contributed by atoms with van der Waals surface area (Å²) in [4.78, 5) is 30.8. The molecule has 1 aliphatic heterocycles. The fraction of sp³-hybridized carbons (Fsp3) is 0.579. The number of benzene rings is 1. The number of methoxy groups -OCH3 is 1. The Labute approximate surface area is 150 Å². The van der Waals surface area contributed by atoms with Crippen molar-refractivity contribution in [2.45, 2.75) is 19.4 Å². The van der Waals surface area contributed by atoms with E-state index in [1.165, 1.54) is 12.7 Å². The van der Waals surface area contributed by atoms with Crippen LogP contribution >= 0.6 is 0 Å². The van der Waals surface area contributed by atoms with E-state index in [9.17, 15) is 9.59 Å². The maximum absolute atomic E-state index is 13.1. The van der Waals surface area contributed by atoms with Crippen LogP contribution in [0.5, 0.6) is 0 Å². The zero-order valence-electron chi connectivity index (χ0n) is 15.7. The second-order valence-electron chi connectivity index (χ2n) is 6.77. The third-order valence-electron chi connectivity index (χ3n) is 4.57. The van der Waals surface area contributed by atoms with Gasteiger partial charge in [-0.1, -0.05) is 29.8 Å². The van der Waals surface area contributed by atoms with Gasteiger partial charge in [0.05, 0.1) is 0 Å². The minimum absolute atomic E-state index is 0.0144. The topological polar surface area (TPSA) is 53.1 Å². The predicted octanol–water partition coefficient (Wildman–Crippen LogP) is 1.31. The number of likely N-dealkylation sites (N-methyl/N-ethyl adjacent to an activating group) is 1. The van der Waals surface area contributed by atoms with Crippen molar-refractivity contribution < 1.29 is 14.3 Å². The average Bonchev–Trinajstić information content (AvgIpc) is 2.83. The van der Waals surface area contributed by atoms with E-state index in [0.717, 1.165) is 12.0 Å². The molecule has 25 heavy (non-hydrogen) atoms. The van der Waals surface area contributed by atoms with Gasteiger partial charge in [-0.25, -0.2) is 0 Å². The van der Waals surface area contributed by atoms with Crippen LogP contribution in [0.4, 0.5) is 0 Å². The number of carbonyl (C=O) groups excluding carboxylic acids is 2. The number of hydrogen-bond donors (Lipinski definition) is 0. The largest absolute Gasteiger partial charge is 0.375 e. The first-order valence-corrected chi connectivity index (χ1v) is 8.72. The molecular weight excluding hydrogens is 318 g/mol. The van der Waals surface area contributed by atoms with Crippen LogP contribution in [0.15, 0.2) is 24.3 Å². The van der Waals surface area contributed by atoms with Crippen molar-refractivity contribution in [1.29, 1.82) is 0 Å². The highest BCUT2D eigenvalue weighted by atomic mass is 16.5. The molecular formula is C19H29N3O3. The van der Waals surface area contributed by atoms with E-state index >= 15 is 0 Å². The number of aryl methyl sites for hydroxylation is 1. The van der Waals surface area contributed by atoms with Gasteiger partial charge >= 0.3 is 0 Å². The number of carbonyl (C=O) groups is 2. The Balaban J connectivity index is 2.09. The molecule has 0 N–H and O–H groups in total. The lowest BCUT2D eigenvalue weighted by atomic mass is 10.0. The molecule has 6 heteroatoms. The van der Waals surface area contributed by atoms with Crippen molar-refractivity contribution in [2.24, 2.45) is 0 Å². The van der Waals surface area contributed by atoms with Gasteiger partial charge in [-0.2, -0.15) is 0 Å². The van der Waals surface area contributed by atoms with E-state index in [-0.39, 0.29) is 24.5 Å². The maximum Gasteiger partial charge on any atom is 0.248 e. The lowest BCUT2D eigenvalue weighted by Crippen LogP contribution is -2.43. The summed E-state index contributed by atoms with van der Waals surface area (Å²) in [6.07, 6.45) is 0.787. The molecule has 1 aliphatic rings. The molecule has 1 aromatic carbocycles. The molecule has 0 radical (unpaired) electrons. The number of amides is 2. The maximum atomic E-state index is 13.1. The summed E-state index contributed by atoms with van der Waals surface area (Å²) >= 11 is 0. The molecule has 6 nitrogen and oxygen atoms in total. The predicted molar refractivity (Wildman–Crippen MR) is 97.3 cm³/mol. The van der Waals surface area contributed by atoms with E-state index in [4.69, 9.17) is 4.74 Å². The third-order valence-corrected chi connectivity index (χ3v) is 4.57. The standard InChI is InChI=1S/C19H29N3O3/c1-15-6-8-16(9-7-15)18(20(2)3)19(24)22-11-5-10-21(12-13-22)17(23)14-25-4/h6-9,18H,5,10-14H2,1-4H3/t18-/m1/s1. The summed E-state index contributed by atoms with van der Waals surface area (Å²) in [5, 5.41) is 0. The molecule has 2 rings (SSSR count). The van der Waals surface area contributed by atoms with Crippen LogP contribution < -0.4 is 0 Å². The molecule has 1 atom stereocenters. The Morgan fingerprint density at radius 1 is 1.08 bits per heavy atom. The minimum Gasteiger partial charge on any atom is -0.375 e. The second kappa shape index (κ2) is 8.97. The highest BCUT2D eigenvalue weighted by molar-refractivity contribution is 5.83. The Hall–Kier alpha value is -1.92. The second-order valence-corrected chi connectivity index (χ2v) is 6.77. The first-order valence-electron chi connectivity index (χ1n) is 8.72. The van der Waals surface area contributed by atoms with Gasteiger partial charge in [0.25, 0.3) is 0 Å². The normalized spacial score (nSPS) is 16.7. The summed E-state index contributed by atoms with van der Waals surface area (Å²) in [6.45, 7) is 4.59. The van der Waals surface area contributed by atoms with E-state index in [1.807, 2.05) is 55.1 Å². The molecule has 0 aromatic heterocycles. The average molecular weight is 347 g/mol. The minimum atomic E-state index is -0.304. The van der Waals surface area contributed by atoms with Gasteiger partial charge in [0.2, 0.25) is 11.8 Å². The van der Waals surface area contributed by atoms with Crippen LogP contribution in [0.25, 0.3) is 0 Å². The Bertz CT molecular complexity index is 586. The quantitative estimate of drug-likeness (QED) is 0.806. The van der Waals surface area contributed by atoms with E-state index in [0.29, 0.717) is 26.2 Å². The molecule has 2 amide bonds. The van der Waals surface area contributed by atoms with Gasteiger partial charge in [-0.15, -0.1) is 0 Å². The first kappa shape index (κ1) is 19.4. The summed E-state index contributed by atoms with van der Waals surface area (Å²) in [6, 6.07) is 7.80. The van der Waals surface area contributed by atoms with Crippen LogP contribution in [-0.4, -0.2) is 80.5 Å². The van der Waals surface area contributed by atoms with Crippen LogP contribution in [-0.2, 0) is 14.3 Å². The lowest BCUT2D eigenvalue weighted by molar-refractivity contribution is -0.138. The van der Waals surface area contributed by atoms with Crippen molar-refractivity contribution >= 4 is 11.8 Å². The van der Waals surface area contributed by atoms with Crippen molar-refractivity contribution in [3.05, 3.63) is 35.4 Å². The summed E-state index contributed by atoms with van der Waals surface area (Å²) in [5.41, 5.74) is 2.17. The monoisotopic (exact) mass is 347 g/mol. The van der Waals surface area contributed by atoms with Gasteiger partial charge in [0.15, 0.2) is 0 Å². The van der Waals surface area contributed by atoms with Gasteiger partial charge < -0.3 is 14.5 Å². The Kier molecular flexibility index (Phi) is 6.96. The summed E-state index contributed by atoms with van der Waals surface area (Å²) < 4.78 is 4.93. The van der Waals surface area contributed by atoms with E-state index in [1.54, 1.807) is 4.90 Å². The fourth-order valence-corrected chi connectivity index (χ4v) is 3.19. The summed E-state index contributed by atoms with van der Waals surface area (Å²) in [5.74, 6) is 0.0781. The van der Waals surface area contributed by atoms with Crippen molar-refractivity contribution in [3.8, 4) is 0 Å². The molecule has 1 saturated heterocycles. The summed E-state index contributed by atoms with van der Waals surface area (Å²) in [7, 11) is 5.37. The number of rotatable bonds is 5. The molecule has 138 valence electrons. The van der Waals surface area contributed by atoms with E-state index in [2.05, 4.69) is 0 Å². The highest BCUT2D eigenvalue weighted by Crippen LogP contribution is 2.22. The highest BCUT2D eigenvalue weighted by Gasteiger charge is 2.29. The molecule has 1 fully saturated rings. The van der Waals surface area contributed by atoms with Gasteiger partial charge in [-0.3, -0.25) is 14.5 Å². The van der Waals surface area contributed by atoms with E-state index < -0.39 is 0 Å². The smallest absolute Gasteiger partial charge is 0.248 e. The number of hydrogen-bond acceptors (Lipinski definition) is 4. The zero-order valence-corrected chi connectivity index (χ0v) is 15.7. The number of ether oxygens (including phenoxy) is 1. The van der Waals surface area contributed by atoms with Crippen molar-refractivity contribution in [2.75, 3.05) is 54.0 Å². The number of nitrogens with zero attached hydrogens (tertiary/aromatic N) is 3. The molecule has 0 aliphatic carbocycles. The Morgan fingerprint density at radius 2 is 1.68 bits per heavy atom. The SMILES string of the molecule is COCC(=O)N1CCCN(C(=O)[C@@H](c2ccc(C)cc2)N(C)C)CC1. The van der Waals surface area contributed by atoms with Gasteiger partial charge in [-0.05, 0) is 33.0 Å². The first-order chi connectivity index (χ1) is 11.9.